The SMILES string of the molecule is COc1ccc2c(C)cc(N3C[C@@H]4CN(C(C)=O)[C@H](c5ccccc5)[C@@H]4C3)nc2c1. The Kier molecular flexibility index (Phi) is 4.61. The zero-order chi connectivity index (χ0) is 20.8. The van der Waals surface area contributed by atoms with Crippen LogP contribution in [0.1, 0.15) is 24.1 Å². The molecule has 30 heavy (non-hydrogen) atoms. The number of fused-ring (bicyclic) bond motifs is 2. The Bertz CT molecular complexity index is 1100. The number of nitrogens with zero attached hydrogens (tertiary/aromatic N) is 3. The van der Waals surface area contributed by atoms with E-state index in [2.05, 4.69) is 53.1 Å². The number of anilines is 1. The van der Waals surface area contributed by atoms with Crippen LogP contribution in [-0.2, 0) is 4.79 Å². The predicted molar refractivity (Wildman–Crippen MR) is 119 cm³/mol. The maximum atomic E-state index is 12.4. The summed E-state index contributed by atoms with van der Waals surface area (Å²) in [6.07, 6.45) is 0. The van der Waals surface area contributed by atoms with Crippen LogP contribution in [0.3, 0.4) is 0 Å². The second-order valence-electron chi connectivity index (χ2n) is 8.54. The average molecular weight is 402 g/mol. The molecule has 2 fully saturated rings. The first-order valence-electron chi connectivity index (χ1n) is 10.6. The second-order valence-corrected chi connectivity index (χ2v) is 8.54. The van der Waals surface area contributed by atoms with Crippen LogP contribution >= 0.6 is 0 Å². The molecule has 5 heteroatoms. The van der Waals surface area contributed by atoms with E-state index in [1.165, 1.54) is 11.1 Å². The van der Waals surface area contributed by atoms with Crippen molar-refractivity contribution in [1.29, 1.82) is 0 Å². The van der Waals surface area contributed by atoms with Gasteiger partial charge in [-0.05, 0) is 36.2 Å². The van der Waals surface area contributed by atoms with E-state index in [1.54, 1.807) is 14.0 Å². The Balaban J connectivity index is 1.47. The maximum Gasteiger partial charge on any atom is 0.219 e. The molecule has 0 radical (unpaired) electrons. The number of likely N-dealkylation sites (tertiary alicyclic amines) is 1. The topological polar surface area (TPSA) is 45.7 Å². The van der Waals surface area contributed by atoms with Crippen molar-refractivity contribution in [3.05, 3.63) is 65.7 Å². The van der Waals surface area contributed by atoms with Crippen LogP contribution in [0.5, 0.6) is 5.75 Å². The molecule has 2 aliphatic rings. The van der Waals surface area contributed by atoms with Gasteiger partial charge in [0.25, 0.3) is 0 Å². The molecule has 0 bridgehead atoms. The Morgan fingerprint density at radius 2 is 1.87 bits per heavy atom. The van der Waals surface area contributed by atoms with Gasteiger partial charge >= 0.3 is 0 Å². The number of amides is 1. The lowest BCUT2D eigenvalue weighted by molar-refractivity contribution is -0.130. The van der Waals surface area contributed by atoms with Crippen LogP contribution in [0, 0.1) is 18.8 Å². The summed E-state index contributed by atoms with van der Waals surface area (Å²) in [7, 11) is 1.68. The molecule has 0 aliphatic carbocycles. The molecule has 1 amide bonds. The summed E-state index contributed by atoms with van der Waals surface area (Å²) in [5.74, 6) is 2.88. The van der Waals surface area contributed by atoms with E-state index in [0.29, 0.717) is 11.8 Å². The van der Waals surface area contributed by atoms with Gasteiger partial charge in [0.1, 0.15) is 11.6 Å². The highest BCUT2D eigenvalue weighted by molar-refractivity contribution is 5.85. The summed E-state index contributed by atoms with van der Waals surface area (Å²) in [5, 5.41) is 1.16. The van der Waals surface area contributed by atoms with Gasteiger partial charge < -0.3 is 14.5 Å². The largest absolute Gasteiger partial charge is 0.497 e. The van der Waals surface area contributed by atoms with Gasteiger partial charge in [-0.15, -0.1) is 0 Å². The van der Waals surface area contributed by atoms with Crippen molar-refractivity contribution in [2.45, 2.75) is 19.9 Å². The summed E-state index contributed by atoms with van der Waals surface area (Å²) in [5.41, 5.74) is 3.42. The molecule has 2 saturated heterocycles. The van der Waals surface area contributed by atoms with E-state index in [9.17, 15) is 4.79 Å². The zero-order valence-corrected chi connectivity index (χ0v) is 17.7. The van der Waals surface area contributed by atoms with E-state index in [0.717, 1.165) is 42.1 Å². The van der Waals surface area contributed by atoms with Crippen molar-refractivity contribution in [3.63, 3.8) is 0 Å². The summed E-state index contributed by atoms with van der Waals surface area (Å²) in [4.78, 5) is 21.8. The predicted octanol–water partition coefficient (Wildman–Crippen LogP) is 4.21. The van der Waals surface area contributed by atoms with Gasteiger partial charge in [-0.2, -0.15) is 0 Å². The van der Waals surface area contributed by atoms with Gasteiger partial charge in [-0.1, -0.05) is 30.3 Å². The summed E-state index contributed by atoms with van der Waals surface area (Å²) in [6, 6.07) is 18.9. The van der Waals surface area contributed by atoms with Gasteiger partial charge in [-0.25, -0.2) is 4.98 Å². The first-order chi connectivity index (χ1) is 14.5. The Labute approximate surface area is 177 Å². The number of hydrogen-bond acceptors (Lipinski definition) is 4. The molecule has 2 aliphatic heterocycles. The van der Waals surface area contributed by atoms with Crippen molar-refractivity contribution in [1.82, 2.24) is 9.88 Å². The highest BCUT2D eigenvalue weighted by atomic mass is 16.5. The Morgan fingerprint density at radius 3 is 2.60 bits per heavy atom. The molecule has 0 N–H and O–H groups in total. The zero-order valence-electron chi connectivity index (χ0n) is 17.7. The molecule has 0 spiro atoms. The van der Waals surface area contributed by atoms with Crippen molar-refractivity contribution < 1.29 is 9.53 Å². The Morgan fingerprint density at radius 1 is 1.07 bits per heavy atom. The minimum atomic E-state index is 0.139. The van der Waals surface area contributed by atoms with Crippen LogP contribution in [0.4, 0.5) is 5.82 Å². The van der Waals surface area contributed by atoms with Crippen LogP contribution in [0.2, 0.25) is 0 Å². The molecular weight excluding hydrogens is 374 g/mol. The van der Waals surface area contributed by atoms with E-state index < -0.39 is 0 Å². The summed E-state index contributed by atoms with van der Waals surface area (Å²) >= 11 is 0. The minimum Gasteiger partial charge on any atom is -0.497 e. The van der Waals surface area contributed by atoms with Gasteiger partial charge in [0.05, 0.1) is 18.7 Å². The van der Waals surface area contributed by atoms with Gasteiger partial charge in [0.2, 0.25) is 5.91 Å². The van der Waals surface area contributed by atoms with Gasteiger partial charge in [0.15, 0.2) is 0 Å². The first-order valence-corrected chi connectivity index (χ1v) is 10.6. The number of ether oxygens (including phenoxy) is 1. The third kappa shape index (κ3) is 3.09. The quantitative estimate of drug-likeness (QED) is 0.660. The molecule has 0 unspecified atom stereocenters. The fraction of sp³-hybridized carbons (Fsp3) is 0.360. The molecule has 3 heterocycles. The summed E-state index contributed by atoms with van der Waals surface area (Å²) in [6.45, 7) is 6.49. The van der Waals surface area contributed by atoms with Crippen molar-refractivity contribution in [3.8, 4) is 5.75 Å². The number of pyridine rings is 1. The molecule has 154 valence electrons. The average Bonchev–Trinajstić information content (AvgIpc) is 3.32. The van der Waals surface area contributed by atoms with Crippen molar-refractivity contribution in [2.75, 3.05) is 31.6 Å². The van der Waals surface area contributed by atoms with Crippen LogP contribution in [-0.4, -0.2) is 42.5 Å². The number of aryl methyl sites for hydroxylation is 1. The molecular formula is C25H27N3O2. The Hall–Kier alpha value is -3.08. The standard InChI is InChI=1S/C25H27N3O2/c1-16-11-24(26-23-12-20(30-3)9-10-21(16)23)27-13-19-14-28(17(2)29)25(22(19)15-27)18-7-5-4-6-8-18/h4-12,19,22,25H,13-15H2,1-3H3/t19-,22-,25-/m1/s1. The molecule has 0 saturated carbocycles. The highest BCUT2D eigenvalue weighted by Gasteiger charge is 2.48. The van der Waals surface area contributed by atoms with E-state index >= 15 is 0 Å². The number of rotatable bonds is 3. The second kappa shape index (κ2) is 7.31. The fourth-order valence-corrected chi connectivity index (χ4v) is 5.29. The third-order valence-corrected chi connectivity index (χ3v) is 6.74. The molecule has 3 atom stereocenters. The molecule has 5 rings (SSSR count). The van der Waals surface area contributed by atoms with Crippen molar-refractivity contribution >= 4 is 22.6 Å². The van der Waals surface area contributed by atoms with E-state index in [1.807, 2.05) is 18.2 Å². The number of aromatic nitrogens is 1. The van der Waals surface area contributed by atoms with Crippen molar-refractivity contribution in [2.24, 2.45) is 11.8 Å². The van der Waals surface area contributed by atoms with Crippen LogP contribution in [0.15, 0.2) is 54.6 Å². The number of benzene rings is 2. The normalized spacial score (nSPS) is 23.1. The molecule has 3 aromatic rings. The number of carbonyl (C=O) groups is 1. The number of hydrogen-bond donors (Lipinski definition) is 0. The number of carbonyl (C=O) groups excluding carboxylic acids is 1. The summed E-state index contributed by atoms with van der Waals surface area (Å²) < 4.78 is 5.39. The maximum absolute atomic E-state index is 12.4. The molecule has 1 aromatic heterocycles. The fourth-order valence-electron chi connectivity index (χ4n) is 5.29. The lowest BCUT2D eigenvalue weighted by Gasteiger charge is -2.29. The highest BCUT2D eigenvalue weighted by Crippen LogP contribution is 2.46. The third-order valence-electron chi connectivity index (χ3n) is 6.74. The smallest absolute Gasteiger partial charge is 0.219 e. The van der Waals surface area contributed by atoms with Gasteiger partial charge in [0, 0.05) is 49.8 Å². The molecule has 2 aromatic carbocycles. The minimum absolute atomic E-state index is 0.139. The van der Waals surface area contributed by atoms with E-state index in [-0.39, 0.29) is 11.9 Å². The van der Waals surface area contributed by atoms with Crippen LogP contribution < -0.4 is 9.64 Å². The van der Waals surface area contributed by atoms with Crippen LogP contribution in [0.25, 0.3) is 10.9 Å². The van der Waals surface area contributed by atoms with Gasteiger partial charge in [-0.3, -0.25) is 4.79 Å². The number of methoxy groups -OCH3 is 1. The lowest BCUT2D eigenvalue weighted by Crippen LogP contribution is -2.34. The first kappa shape index (κ1) is 18.9. The molecule has 5 nitrogen and oxygen atoms in total. The monoisotopic (exact) mass is 401 g/mol. The lowest BCUT2D eigenvalue weighted by atomic mass is 9.89. The van der Waals surface area contributed by atoms with E-state index in [4.69, 9.17) is 9.72 Å².